The van der Waals surface area contributed by atoms with Crippen LogP contribution in [0.15, 0.2) is 51.7 Å². The zero-order chi connectivity index (χ0) is 19.0. The van der Waals surface area contributed by atoms with E-state index in [0.717, 1.165) is 10.0 Å². The monoisotopic (exact) mass is 416 g/mol. The number of carbonyl (C=O) groups is 1. The number of nitrogens with zero attached hydrogens (tertiary/aromatic N) is 1. The first-order chi connectivity index (χ1) is 12.3. The molecule has 0 aliphatic carbocycles. The molecule has 0 aliphatic rings. The van der Waals surface area contributed by atoms with Crippen LogP contribution >= 0.6 is 15.9 Å². The molecule has 3 rings (SSSR count). The quantitative estimate of drug-likeness (QED) is 0.639. The number of carbonyl (C=O) groups excluding carboxylic acids is 1. The highest BCUT2D eigenvalue weighted by atomic mass is 79.9. The molecule has 1 heterocycles. The van der Waals surface area contributed by atoms with Crippen LogP contribution in [0, 0.1) is 0 Å². The number of esters is 1. The van der Waals surface area contributed by atoms with E-state index < -0.39 is 17.6 Å². The molecule has 0 saturated carbocycles. The van der Waals surface area contributed by atoms with Crippen LogP contribution in [-0.4, -0.2) is 22.8 Å². The summed E-state index contributed by atoms with van der Waals surface area (Å²) in [5, 5.41) is 10.2. The fraction of sp³-hybridized carbons (Fsp3) is 0.158. The fourth-order valence-electron chi connectivity index (χ4n) is 2.85. The Morgan fingerprint density at radius 3 is 2.46 bits per heavy atom. The number of nitrogens with two attached hydrogens (primary N) is 1. The molecule has 26 heavy (non-hydrogen) atoms. The molecule has 0 fully saturated rings. The second-order valence-corrected chi connectivity index (χ2v) is 6.77. The minimum atomic E-state index is -0.785. The molecule has 0 aliphatic heterocycles. The summed E-state index contributed by atoms with van der Waals surface area (Å²) in [5.41, 5.74) is 7.23. The average molecular weight is 417 g/mol. The lowest BCUT2D eigenvalue weighted by atomic mass is 10.1. The number of methoxy groups -OCH3 is 1. The molecule has 6 nitrogen and oxygen atoms in total. The minimum Gasteiger partial charge on any atom is -0.465 e. The van der Waals surface area contributed by atoms with Crippen LogP contribution in [0.25, 0.3) is 16.6 Å². The topological polar surface area (TPSA) is 94.6 Å². The number of fused-ring (bicyclic) bond motifs is 1. The highest BCUT2D eigenvalue weighted by Gasteiger charge is 2.22. The van der Waals surface area contributed by atoms with Crippen molar-refractivity contribution in [1.82, 2.24) is 4.57 Å². The van der Waals surface area contributed by atoms with Crippen molar-refractivity contribution in [2.75, 3.05) is 12.8 Å². The SMILES string of the molecule is COC(=O)c1c(N)c2ccc(Br)cc2n(-c2ccc([C@@H](C)O)cc2)c1=O. The van der Waals surface area contributed by atoms with Gasteiger partial charge in [-0.1, -0.05) is 28.1 Å². The van der Waals surface area contributed by atoms with Crippen molar-refractivity contribution in [3.8, 4) is 5.69 Å². The van der Waals surface area contributed by atoms with Gasteiger partial charge in [0.1, 0.15) is 5.56 Å². The van der Waals surface area contributed by atoms with Crippen LogP contribution in [0.4, 0.5) is 5.69 Å². The summed E-state index contributed by atoms with van der Waals surface area (Å²) < 4.78 is 6.92. The fourth-order valence-corrected chi connectivity index (χ4v) is 3.20. The van der Waals surface area contributed by atoms with Gasteiger partial charge in [-0.3, -0.25) is 9.36 Å². The highest BCUT2D eigenvalue weighted by molar-refractivity contribution is 9.10. The van der Waals surface area contributed by atoms with E-state index in [1.54, 1.807) is 49.4 Å². The van der Waals surface area contributed by atoms with E-state index in [1.807, 2.05) is 0 Å². The number of anilines is 1. The van der Waals surface area contributed by atoms with Gasteiger partial charge < -0.3 is 15.6 Å². The van der Waals surface area contributed by atoms with E-state index in [0.29, 0.717) is 16.6 Å². The molecular weight excluding hydrogens is 400 g/mol. The van der Waals surface area contributed by atoms with Gasteiger partial charge >= 0.3 is 5.97 Å². The molecule has 0 radical (unpaired) electrons. The Morgan fingerprint density at radius 1 is 1.23 bits per heavy atom. The van der Waals surface area contributed by atoms with Crippen molar-refractivity contribution in [3.05, 3.63) is 68.4 Å². The van der Waals surface area contributed by atoms with Crippen LogP contribution in [0.2, 0.25) is 0 Å². The van der Waals surface area contributed by atoms with Crippen molar-refractivity contribution in [2.45, 2.75) is 13.0 Å². The van der Waals surface area contributed by atoms with Crippen LogP contribution in [0.1, 0.15) is 28.9 Å². The zero-order valence-electron chi connectivity index (χ0n) is 14.2. The van der Waals surface area contributed by atoms with Crippen molar-refractivity contribution >= 4 is 38.5 Å². The lowest BCUT2D eigenvalue weighted by Gasteiger charge is -2.16. The predicted octanol–water partition coefficient (Wildman–Crippen LogP) is 3.18. The summed E-state index contributed by atoms with van der Waals surface area (Å²) in [6, 6.07) is 12.2. The summed E-state index contributed by atoms with van der Waals surface area (Å²) >= 11 is 3.40. The highest BCUT2D eigenvalue weighted by Crippen LogP contribution is 2.28. The lowest BCUT2D eigenvalue weighted by Crippen LogP contribution is -2.28. The Hall–Kier alpha value is -2.64. The minimum absolute atomic E-state index is 0.0844. The van der Waals surface area contributed by atoms with E-state index >= 15 is 0 Å². The van der Waals surface area contributed by atoms with Crippen LogP contribution in [-0.2, 0) is 4.74 Å². The van der Waals surface area contributed by atoms with Gasteiger partial charge in [0.05, 0.1) is 24.4 Å². The number of halogens is 1. The second-order valence-electron chi connectivity index (χ2n) is 5.85. The molecule has 0 spiro atoms. The van der Waals surface area contributed by atoms with Crippen molar-refractivity contribution < 1.29 is 14.6 Å². The van der Waals surface area contributed by atoms with Gasteiger partial charge in [-0.15, -0.1) is 0 Å². The summed E-state index contributed by atoms with van der Waals surface area (Å²) in [6.45, 7) is 1.66. The number of nitrogen functional groups attached to an aromatic ring is 1. The number of rotatable bonds is 3. The first-order valence-corrected chi connectivity index (χ1v) is 8.65. The van der Waals surface area contributed by atoms with Crippen molar-refractivity contribution in [3.63, 3.8) is 0 Å². The van der Waals surface area contributed by atoms with Gasteiger partial charge in [-0.25, -0.2) is 4.79 Å². The standard InChI is InChI=1S/C19H17BrN2O4/c1-10(23)11-3-6-13(7-4-11)22-15-9-12(20)5-8-14(15)17(21)16(18(22)24)19(25)26-2/h3-10,23H,21H2,1-2H3/t10-/m1/s1. The molecule has 0 bridgehead atoms. The molecular formula is C19H17BrN2O4. The maximum Gasteiger partial charge on any atom is 0.345 e. The summed E-state index contributed by atoms with van der Waals surface area (Å²) in [7, 11) is 1.20. The first-order valence-electron chi connectivity index (χ1n) is 7.85. The molecule has 134 valence electrons. The molecule has 1 atom stereocenters. The molecule has 1 aromatic heterocycles. The van der Waals surface area contributed by atoms with E-state index in [4.69, 9.17) is 10.5 Å². The summed E-state index contributed by atoms with van der Waals surface area (Å²) in [6.07, 6.45) is -0.622. The lowest BCUT2D eigenvalue weighted by molar-refractivity contribution is 0.0600. The number of hydrogen-bond donors (Lipinski definition) is 2. The molecule has 7 heteroatoms. The number of aliphatic hydroxyl groups excluding tert-OH is 1. The Bertz CT molecular complexity index is 1060. The molecule has 2 aromatic carbocycles. The Morgan fingerprint density at radius 2 is 1.88 bits per heavy atom. The number of pyridine rings is 1. The third kappa shape index (κ3) is 3.00. The first kappa shape index (κ1) is 18.2. The van der Waals surface area contributed by atoms with Crippen LogP contribution in [0.5, 0.6) is 0 Å². The number of ether oxygens (including phenoxy) is 1. The maximum atomic E-state index is 13.1. The number of hydrogen-bond acceptors (Lipinski definition) is 5. The van der Waals surface area contributed by atoms with E-state index in [2.05, 4.69) is 15.9 Å². The van der Waals surface area contributed by atoms with Gasteiger partial charge in [0, 0.05) is 15.5 Å². The molecule has 3 N–H and O–H groups in total. The van der Waals surface area contributed by atoms with E-state index in [1.165, 1.54) is 11.7 Å². The molecule has 0 amide bonds. The largest absolute Gasteiger partial charge is 0.465 e. The summed E-state index contributed by atoms with van der Waals surface area (Å²) in [4.78, 5) is 25.2. The second kappa shape index (κ2) is 6.93. The van der Waals surface area contributed by atoms with Gasteiger partial charge in [0.25, 0.3) is 5.56 Å². The van der Waals surface area contributed by atoms with Gasteiger partial charge in [0.2, 0.25) is 0 Å². The number of aliphatic hydroxyl groups is 1. The van der Waals surface area contributed by atoms with E-state index in [9.17, 15) is 14.7 Å². The molecule has 3 aromatic rings. The van der Waals surface area contributed by atoms with Gasteiger partial charge in [-0.05, 0) is 42.8 Å². The maximum absolute atomic E-state index is 13.1. The van der Waals surface area contributed by atoms with Crippen LogP contribution < -0.4 is 11.3 Å². The zero-order valence-corrected chi connectivity index (χ0v) is 15.8. The summed E-state index contributed by atoms with van der Waals surface area (Å²) in [5.74, 6) is -0.785. The number of aromatic nitrogens is 1. The molecule has 0 unspecified atom stereocenters. The Labute approximate surface area is 157 Å². The molecule has 0 saturated heterocycles. The van der Waals surface area contributed by atoms with Crippen molar-refractivity contribution in [1.29, 1.82) is 0 Å². The normalized spacial score (nSPS) is 12.2. The smallest absolute Gasteiger partial charge is 0.345 e. The Balaban J connectivity index is 2.41. The Kier molecular flexibility index (Phi) is 4.84. The van der Waals surface area contributed by atoms with Gasteiger partial charge in [-0.2, -0.15) is 0 Å². The number of benzene rings is 2. The van der Waals surface area contributed by atoms with Crippen LogP contribution in [0.3, 0.4) is 0 Å². The van der Waals surface area contributed by atoms with E-state index in [-0.39, 0.29) is 11.3 Å². The average Bonchev–Trinajstić information content (AvgIpc) is 2.61. The van der Waals surface area contributed by atoms with Gasteiger partial charge in [0.15, 0.2) is 0 Å². The third-order valence-electron chi connectivity index (χ3n) is 4.20. The third-order valence-corrected chi connectivity index (χ3v) is 4.69. The predicted molar refractivity (Wildman–Crippen MR) is 104 cm³/mol. The van der Waals surface area contributed by atoms with Crippen molar-refractivity contribution in [2.24, 2.45) is 0 Å².